The number of anilines is 1. The highest BCUT2D eigenvalue weighted by atomic mass is 19.3. The lowest BCUT2D eigenvalue weighted by Gasteiger charge is -2.18. The van der Waals surface area contributed by atoms with E-state index in [9.17, 15) is 18.0 Å². The first kappa shape index (κ1) is 18.6. The number of amides is 2. The Hall–Kier alpha value is -3.14. The van der Waals surface area contributed by atoms with E-state index in [0.29, 0.717) is 5.56 Å². The fraction of sp³-hybridized carbons (Fsp3) is 0.235. The molecule has 2 amide bonds. The molecule has 0 saturated heterocycles. The Bertz CT molecular complexity index is 930. The second-order valence-corrected chi connectivity index (χ2v) is 5.68. The normalized spacial score (nSPS) is 12.3. The van der Waals surface area contributed by atoms with Crippen molar-refractivity contribution in [2.45, 2.75) is 12.5 Å². The Balaban J connectivity index is 1.71. The molecular weight excluding hydrogens is 363 g/mol. The summed E-state index contributed by atoms with van der Waals surface area (Å²) in [7, 11) is 1.48. The topological polar surface area (TPSA) is 91.9 Å². The number of pyridine rings is 1. The van der Waals surface area contributed by atoms with E-state index in [0.717, 1.165) is 0 Å². The Labute approximate surface area is 151 Å². The number of aromatic nitrogens is 3. The molecule has 10 heteroatoms. The van der Waals surface area contributed by atoms with E-state index in [1.807, 2.05) is 0 Å². The van der Waals surface area contributed by atoms with Crippen LogP contribution in [0.25, 0.3) is 10.9 Å². The van der Waals surface area contributed by atoms with Crippen molar-refractivity contribution in [2.24, 2.45) is 0 Å². The van der Waals surface area contributed by atoms with Crippen molar-refractivity contribution in [3.8, 4) is 0 Å². The van der Waals surface area contributed by atoms with Gasteiger partial charge in [0, 0.05) is 24.8 Å². The average molecular weight is 379 g/mol. The van der Waals surface area contributed by atoms with Crippen molar-refractivity contribution in [3.05, 3.63) is 53.6 Å². The molecule has 27 heavy (non-hydrogen) atoms. The van der Waals surface area contributed by atoms with E-state index >= 15 is 0 Å². The summed E-state index contributed by atoms with van der Waals surface area (Å²) in [4.78, 5) is 16.2. The molecular formula is C17H16F3N5O2. The highest BCUT2D eigenvalue weighted by Crippen LogP contribution is 2.25. The zero-order valence-electron chi connectivity index (χ0n) is 14.2. The van der Waals surface area contributed by atoms with E-state index in [1.165, 1.54) is 31.5 Å². The van der Waals surface area contributed by atoms with Gasteiger partial charge in [0.2, 0.25) is 0 Å². The Morgan fingerprint density at radius 3 is 2.70 bits per heavy atom. The summed E-state index contributed by atoms with van der Waals surface area (Å²) >= 11 is 0. The van der Waals surface area contributed by atoms with Gasteiger partial charge in [-0.3, -0.25) is 10.4 Å². The summed E-state index contributed by atoms with van der Waals surface area (Å²) in [5.74, 6) is -0.248. The maximum absolute atomic E-state index is 13.1. The van der Waals surface area contributed by atoms with Crippen molar-refractivity contribution < 1.29 is 22.7 Å². The number of carbonyl (C=O) groups excluding carboxylic acids is 1. The molecule has 7 nitrogen and oxygen atoms in total. The molecule has 3 rings (SSSR count). The Morgan fingerprint density at radius 1 is 1.30 bits per heavy atom. The second-order valence-electron chi connectivity index (χ2n) is 5.68. The zero-order chi connectivity index (χ0) is 19.4. The molecule has 0 spiro atoms. The number of urea groups is 1. The van der Waals surface area contributed by atoms with Crippen LogP contribution in [0.5, 0.6) is 0 Å². The van der Waals surface area contributed by atoms with Gasteiger partial charge in [-0.1, -0.05) is 12.1 Å². The molecule has 0 aliphatic carbocycles. The van der Waals surface area contributed by atoms with E-state index in [2.05, 4.69) is 25.8 Å². The number of H-pyrrole nitrogens is 1. The summed E-state index contributed by atoms with van der Waals surface area (Å²) in [6.07, 6.45) is -1.49. The molecule has 142 valence electrons. The van der Waals surface area contributed by atoms with Crippen LogP contribution in [-0.4, -0.2) is 34.9 Å². The van der Waals surface area contributed by atoms with E-state index in [4.69, 9.17) is 4.74 Å². The van der Waals surface area contributed by atoms with Gasteiger partial charge >= 0.3 is 6.03 Å². The van der Waals surface area contributed by atoms with Crippen molar-refractivity contribution in [1.29, 1.82) is 0 Å². The van der Waals surface area contributed by atoms with Crippen LogP contribution in [-0.2, 0) is 4.74 Å². The Morgan fingerprint density at radius 2 is 2.04 bits per heavy atom. The molecule has 0 radical (unpaired) electrons. The molecule has 0 bridgehead atoms. The monoisotopic (exact) mass is 379 g/mol. The van der Waals surface area contributed by atoms with Crippen LogP contribution in [0.3, 0.4) is 0 Å². The smallest absolute Gasteiger partial charge is 0.320 e. The van der Waals surface area contributed by atoms with Crippen molar-refractivity contribution in [2.75, 3.05) is 19.0 Å². The lowest BCUT2D eigenvalue weighted by atomic mass is 10.1. The van der Waals surface area contributed by atoms with Crippen LogP contribution < -0.4 is 10.6 Å². The molecule has 2 aromatic heterocycles. The third-order valence-corrected chi connectivity index (χ3v) is 3.84. The number of nitrogens with zero attached hydrogens (tertiary/aromatic N) is 2. The van der Waals surface area contributed by atoms with Crippen molar-refractivity contribution in [1.82, 2.24) is 20.5 Å². The summed E-state index contributed by atoms with van der Waals surface area (Å²) in [5.41, 5.74) is 0.582. The summed E-state index contributed by atoms with van der Waals surface area (Å²) in [5, 5.41) is 11.4. The van der Waals surface area contributed by atoms with Gasteiger partial charge in [-0.15, -0.1) is 0 Å². The van der Waals surface area contributed by atoms with E-state index in [1.54, 1.807) is 12.1 Å². The molecule has 0 saturated carbocycles. The first-order valence-electron chi connectivity index (χ1n) is 7.92. The van der Waals surface area contributed by atoms with Crippen molar-refractivity contribution in [3.63, 3.8) is 0 Å². The third-order valence-electron chi connectivity index (χ3n) is 3.84. The van der Waals surface area contributed by atoms with Gasteiger partial charge in [-0.25, -0.2) is 22.9 Å². The standard InChI is InChI=1S/C17H16F3N5O2/c1-27-8-13(9-2-4-10(18)5-3-9)22-17(26)23-14-6-12-11(7-21-14)15(16(19)20)25-24-12/h2-7,13,16H,8H2,1H3,(H,24,25)(H2,21,22,23,26). The van der Waals surface area contributed by atoms with Gasteiger partial charge in [-0.05, 0) is 17.7 Å². The Kier molecular flexibility index (Phi) is 5.55. The summed E-state index contributed by atoms with van der Waals surface area (Å²) in [6, 6.07) is 5.92. The SMILES string of the molecule is COCC(NC(=O)Nc1cc2n[nH]c(C(F)F)c2cn1)c1ccc(F)cc1. The lowest BCUT2D eigenvalue weighted by molar-refractivity contribution is 0.147. The highest BCUT2D eigenvalue weighted by molar-refractivity contribution is 5.91. The van der Waals surface area contributed by atoms with Crippen LogP contribution in [0, 0.1) is 5.82 Å². The summed E-state index contributed by atoms with van der Waals surface area (Å²) < 4.78 is 43.8. The van der Waals surface area contributed by atoms with Gasteiger partial charge in [0.15, 0.2) is 0 Å². The molecule has 1 aromatic carbocycles. The zero-order valence-corrected chi connectivity index (χ0v) is 14.2. The minimum absolute atomic E-state index is 0.141. The maximum atomic E-state index is 13.1. The van der Waals surface area contributed by atoms with Crippen LogP contribution in [0.1, 0.15) is 23.7 Å². The minimum Gasteiger partial charge on any atom is -0.382 e. The first-order chi connectivity index (χ1) is 13.0. The second kappa shape index (κ2) is 8.04. The van der Waals surface area contributed by atoms with E-state index < -0.39 is 18.5 Å². The average Bonchev–Trinajstić information content (AvgIpc) is 3.05. The fourth-order valence-electron chi connectivity index (χ4n) is 2.55. The summed E-state index contributed by atoms with van der Waals surface area (Å²) in [6.45, 7) is 0.169. The number of nitrogens with one attached hydrogen (secondary N) is 3. The number of halogens is 3. The highest BCUT2D eigenvalue weighted by Gasteiger charge is 2.17. The molecule has 0 aliphatic heterocycles. The predicted octanol–water partition coefficient (Wildman–Crippen LogP) is 3.54. The van der Waals surface area contributed by atoms with Crippen molar-refractivity contribution >= 4 is 22.8 Å². The molecule has 3 aromatic rings. The van der Waals surface area contributed by atoms with E-state index in [-0.39, 0.29) is 34.8 Å². The largest absolute Gasteiger partial charge is 0.382 e. The van der Waals surface area contributed by atoms with Crippen LogP contribution in [0.2, 0.25) is 0 Å². The van der Waals surface area contributed by atoms with Gasteiger partial charge in [0.1, 0.15) is 17.3 Å². The number of methoxy groups -OCH3 is 1. The lowest BCUT2D eigenvalue weighted by Crippen LogP contribution is -2.35. The third kappa shape index (κ3) is 4.34. The fourth-order valence-corrected chi connectivity index (χ4v) is 2.55. The molecule has 1 unspecified atom stereocenters. The number of aromatic amines is 1. The molecule has 0 fully saturated rings. The number of fused-ring (bicyclic) bond motifs is 1. The number of carbonyl (C=O) groups is 1. The van der Waals surface area contributed by atoms with Gasteiger partial charge in [0.25, 0.3) is 6.43 Å². The number of ether oxygens (including phenoxy) is 1. The van der Waals surface area contributed by atoms with Gasteiger partial charge in [-0.2, -0.15) is 5.10 Å². The molecule has 2 heterocycles. The number of rotatable bonds is 6. The number of hydrogen-bond donors (Lipinski definition) is 3. The number of hydrogen-bond acceptors (Lipinski definition) is 4. The number of benzene rings is 1. The molecule has 1 atom stereocenters. The van der Waals surface area contributed by atoms with Gasteiger partial charge in [0.05, 0.1) is 18.2 Å². The first-order valence-corrected chi connectivity index (χ1v) is 7.92. The number of alkyl halides is 2. The quantitative estimate of drug-likeness (QED) is 0.611. The molecule has 3 N–H and O–H groups in total. The van der Waals surface area contributed by atoms with Crippen LogP contribution in [0.15, 0.2) is 36.5 Å². The molecule has 0 aliphatic rings. The predicted molar refractivity (Wildman–Crippen MR) is 92.0 cm³/mol. The maximum Gasteiger partial charge on any atom is 0.320 e. The van der Waals surface area contributed by atoms with Crippen LogP contribution >= 0.6 is 0 Å². The van der Waals surface area contributed by atoms with Gasteiger partial charge < -0.3 is 10.1 Å². The van der Waals surface area contributed by atoms with Crippen LogP contribution in [0.4, 0.5) is 23.8 Å². The minimum atomic E-state index is -2.70.